The van der Waals surface area contributed by atoms with Crippen molar-refractivity contribution in [1.29, 1.82) is 0 Å². The highest BCUT2D eigenvalue weighted by atomic mass is 16.5. The van der Waals surface area contributed by atoms with Crippen LogP contribution in [0.25, 0.3) is 0 Å². The number of dihydropyridines is 1. The highest BCUT2D eigenvalue weighted by molar-refractivity contribution is 6.10. The molecule has 166 valence electrons. The molecule has 2 aliphatic rings. The first kappa shape index (κ1) is 21.7. The Morgan fingerprint density at radius 1 is 1.03 bits per heavy atom. The van der Waals surface area contributed by atoms with Crippen molar-refractivity contribution in [2.45, 2.75) is 39.0 Å². The fourth-order valence-corrected chi connectivity index (χ4v) is 4.50. The zero-order valence-electron chi connectivity index (χ0n) is 18.9. The number of carbonyl (C=O) groups excluding carboxylic acids is 2. The number of hydrogen-bond donors (Lipinski definition) is 2. The van der Waals surface area contributed by atoms with Crippen molar-refractivity contribution in [1.82, 2.24) is 5.32 Å². The van der Waals surface area contributed by atoms with Gasteiger partial charge in [-0.3, -0.25) is 9.59 Å². The van der Waals surface area contributed by atoms with E-state index in [4.69, 9.17) is 9.47 Å². The molecule has 0 unspecified atom stereocenters. The van der Waals surface area contributed by atoms with Crippen molar-refractivity contribution >= 4 is 17.4 Å². The summed E-state index contributed by atoms with van der Waals surface area (Å²) in [5, 5.41) is 6.35. The Balaban J connectivity index is 1.85. The molecule has 1 heterocycles. The third kappa shape index (κ3) is 4.00. The molecule has 6 nitrogen and oxygen atoms in total. The van der Waals surface area contributed by atoms with Crippen molar-refractivity contribution in [3.05, 3.63) is 76.1 Å². The molecule has 0 radical (unpaired) electrons. The summed E-state index contributed by atoms with van der Waals surface area (Å²) in [6, 6.07) is 13.1. The van der Waals surface area contributed by atoms with Crippen LogP contribution in [0.1, 0.15) is 43.2 Å². The Morgan fingerprint density at radius 3 is 2.47 bits per heavy atom. The van der Waals surface area contributed by atoms with Crippen LogP contribution in [0.4, 0.5) is 5.69 Å². The molecule has 1 aliphatic heterocycles. The van der Waals surface area contributed by atoms with Crippen LogP contribution in [-0.2, 0) is 9.59 Å². The molecule has 0 bridgehead atoms. The molecule has 0 saturated heterocycles. The van der Waals surface area contributed by atoms with Gasteiger partial charge in [-0.2, -0.15) is 0 Å². The maximum Gasteiger partial charge on any atom is 0.254 e. The molecule has 0 fully saturated rings. The summed E-state index contributed by atoms with van der Waals surface area (Å²) in [4.78, 5) is 26.7. The van der Waals surface area contributed by atoms with E-state index in [1.165, 1.54) is 0 Å². The minimum Gasteiger partial charge on any atom is -0.497 e. The van der Waals surface area contributed by atoms with Gasteiger partial charge in [0.05, 0.1) is 20.1 Å². The number of methoxy groups -OCH3 is 2. The number of benzene rings is 2. The minimum absolute atomic E-state index is 0.0572. The van der Waals surface area contributed by atoms with E-state index in [9.17, 15) is 9.59 Å². The molecule has 32 heavy (non-hydrogen) atoms. The van der Waals surface area contributed by atoms with Gasteiger partial charge < -0.3 is 20.1 Å². The maximum absolute atomic E-state index is 13.6. The molecule has 2 aromatic rings. The van der Waals surface area contributed by atoms with Crippen molar-refractivity contribution < 1.29 is 19.1 Å². The van der Waals surface area contributed by atoms with Crippen LogP contribution in [-0.4, -0.2) is 25.9 Å². The lowest BCUT2D eigenvalue weighted by Gasteiger charge is -2.35. The molecule has 0 aromatic heterocycles. The Morgan fingerprint density at radius 2 is 1.78 bits per heavy atom. The summed E-state index contributed by atoms with van der Waals surface area (Å²) in [6.07, 6.45) is 2.04. The van der Waals surface area contributed by atoms with Gasteiger partial charge in [0.1, 0.15) is 11.5 Å². The van der Waals surface area contributed by atoms with Gasteiger partial charge in [0.2, 0.25) is 0 Å². The number of amides is 1. The first-order chi connectivity index (χ1) is 15.4. The molecule has 2 N–H and O–H groups in total. The first-order valence-electron chi connectivity index (χ1n) is 10.8. The highest BCUT2D eigenvalue weighted by Crippen LogP contribution is 2.46. The van der Waals surface area contributed by atoms with Crippen LogP contribution >= 0.6 is 0 Å². The third-order valence-corrected chi connectivity index (χ3v) is 6.08. The molecule has 1 amide bonds. The van der Waals surface area contributed by atoms with E-state index >= 15 is 0 Å². The Hall–Kier alpha value is -3.54. The van der Waals surface area contributed by atoms with Gasteiger partial charge in [-0.05, 0) is 57.0 Å². The fourth-order valence-electron chi connectivity index (χ4n) is 4.50. The van der Waals surface area contributed by atoms with Crippen molar-refractivity contribution in [3.63, 3.8) is 0 Å². The Labute approximate surface area is 188 Å². The Bertz CT molecular complexity index is 1130. The quantitative estimate of drug-likeness (QED) is 0.721. The maximum atomic E-state index is 13.6. The Kier molecular flexibility index (Phi) is 6.04. The second-order valence-corrected chi connectivity index (χ2v) is 8.19. The van der Waals surface area contributed by atoms with Gasteiger partial charge in [-0.15, -0.1) is 0 Å². The van der Waals surface area contributed by atoms with Crippen LogP contribution in [0.15, 0.2) is 65.0 Å². The second kappa shape index (κ2) is 8.91. The first-order valence-corrected chi connectivity index (χ1v) is 10.8. The molecule has 1 atom stereocenters. The predicted molar refractivity (Wildman–Crippen MR) is 124 cm³/mol. The van der Waals surface area contributed by atoms with E-state index in [0.717, 1.165) is 35.4 Å². The van der Waals surface area contributed by atoms with E-state index in [2.05, 4.69) is 10.6 Å². The summed E-state index contributed by atoms with van der Waals surface area (Å²) in [5.74, 6) is 0.506. The number of Topliss-reactive ketones (excluding diaryl/α,β-unsaturated/α-hetero) is 1. The number of carbonyl (C=O) groups is 2. The number of allylic oxidation sites excluding steroid dienone is 3. The average molecular weight is 433 g/mol. The highest BCUT2D eigenvalue weighted by Gasteiger charge is 2.39. The topological polar surface area (TPSA) is 76.7 Å². The van der Waals surface area contributed by atoms with Crippen molar-refractivity contribution in [2.75, 3.05) is 19.5 Å². The average Bonchev–Trinajstić information content (AvgIpc) is 2.79. The summed E-state index contributed by atoms with van der Waals surface area (Å²) in [7, 11) is 3.18. The van der Waals surface area contributed by atoms with Crippen LogP contribution in [0.3, 0.4) is 0 Å². The number of ketones is 1. The minimum atomic E-state index is -0.547. The molecule has 0 spiro atoms. The monoisotopic (exact) mass is 432 g/mol. The smallest absolute Gasteiger partial charge is 0.254 e. The molecule has 6 heteroatoms. The normalized spacial score (nSPS) is 18.1. The number of anilines is 1. The van der Waals surface area contributed by atoms with Gasteiger partial charge in [-0.25, -0.2) is 0 Å². The molecule has 0 saturated carbocycles. The summed E-state index contributed by atoms with van der Waals surface area (Å²) >= 11 is 0. The number of hydrogen-bond acceptors (Lipinski definition) is 5. The lowest BCUT2D eigenvalue weighted by molar-refractivity contribution is -0.116. The SMILES string of the molecule is COc1ccc(OC)c([C@H]2C(C(=O)Nc3ccc(C)cc3)=C(C)NC3=C2C(=O)CCC3)c1. The third-order valence-electron chi connectivity index (χ3n) is 6.08. The van der Waals surface area contributed by atoms with Crippen LogP contribution in [0, 0.1) is 6.92 Å². The lowest BCUT2D eigenvalue weighted by atomic mass is 9.74. The zero-order chi connectivity index (χ0) is 22.8. The van der Waals surface area contributed by atoms with Crippen molar-refractivity contribution in [3.8, 4) is 11.5 Å². The number of nitrogens with one attached hydrogen (secondary N) is 2. The summed E-state index contributed by atoms with van der Waals surface area (Å²) in [6.45, 7) is 3.88. The van der Waals surface area contributed by atoms with E-state index in [1.807, 2.05) is 56.3 Å². The van der Waals surface area contributed by atoms with Gasteiger partial charge in [0, 0.05) is 40.2 Å². The van der Waals surface area contributed by atoms with Gasteiger partial charge in [0.15, 0.2) is 5.78 Å². The number of aryl methyl sites for hydroxylation is 1. The van der Waals surface area contributed by atoms with Gasteiger partial charge in [-0.1, -0.05) is 17.7 Å². The second-order valence-electron chi connectivity index (χ2n) is 8.19. The van der Waals surface area contributed by atoms with E-state index in [1.54, 1.807) is 14.2 Å². The van der Waals surface area contributed by atoms with Crippen LogP contribution in [0.5, 0.6) is 11.5 Å². The van der Waals surface area contributed by atoms with E-state index < -0.39 is 5.92 Å². The lowest BCUT2D eigenvalue weighted by Crippen LogP contribution is -2.35. The molecular weight excluding hydrogens is 404 g/mol. The van der Waals surface area contributed by atoms with E-state index in [0.29, 0.717) is 34.8 Å². The number of rotatable bonds is 5. The summed E-state index contributed by atoms with van der Waals surface area (Å²) in [5.41, 5.74) is 5.32. The molecule has 4 rings (SSSR count). The molecule has 1 aliphatic carbocycles. The molecule has 2 aromatic carbocycles. The van der Waals surface area contributed by atoms with Crippen LogP contribution < -0.4 is 20.1 Å². The van der Waals surface area contributed by atoms with Gasteiger partial charge >= 0.3 is 0 Å². The summed E-state index contributed by atoms with van der Waals surface area (Å²) < 4.78 is 11.1. The fraction of sp³-hybridized carbons (Fsp3) is 0.308. The van der Waals surface area contributed by atoms with Crippen LogP contribution in [0.2, 0.25) is 0 Å². The molecular formula is C26H28N2O4. The number of ether oxygens (including phenoxy) is 2. The predicted octanol–water partition coefficient (Wildman–Crippen LogP) is 4.62. The standard InChI is InChI=1S/C26H28N2O4/c1-15-8-10-17(11-9-15)28-26(30)23-16(2)27-20-6-5-7-21(29)25(20)24(23)19-14-18(31-3)12-13-22(19)32-4/h8-14,24,27H,5-7H2,1-4H3,(H,28,30)/t24-/m0/s1. The largest absolute Gasteiger partial charge is 0.497 e. The zero-order valence-corrected chi connectivity index (χ0v) is 18.9. The van der Waals surface area contributed by atoms with Gasteiger partial charge in [0.25, 0.3) is 5.91 Å². The van der Waals surface area contributed by atoms with Crippen molar-refractivity contribution in [2.24, 2.45) is 0 Å². The van der Waals surface area contributed by atoms with E-state index in [-0.39, 0.29) is 11.7 Å².